The fourth-order valence-corrected chi connectivity index (χ4v) is 3.59. The maximum absolute atomic E-state index is 12.9. The summed E-state index contributed by atoms with van der Waals surface area (Å²) < 4.78 is 39.4. The van der Waals surface area contributed by atoms with E-state index in [-0.39, 0.29) is 4.90 Å². The van der Waals surface area contributed by atoms with Crippen molar-refractivity contribution >= 4 is 15.7 Å². The lowest BCUT2D eigenvalue weighted by Crippen LogP contribution is -2.15. The Bertz CT molecular complexity index is 816. The van der Waals surface area contributed by atoms with Crippen molar-refractivity contribution in [2.24, 2.45) is 0 Å². The zero-order valence-electron chi connectivity index (χ0n) is 14.4. The van der Waals surface area contributed by atoms with E-state index >= 15 is 0 Å². The predicted molar refractivity (Wildman–Crippen MR) is 95.5 cm³/mol. The lowest BCUT2D eigenvalue weighted by Gasteiger charge is -2.16. The summed E-state index contributed by atoms with van der Waals surface area (Å²) in [6, 6.07) is 10.4. The van der Waals surface area contributed by atoms with Crippen molar-refractivity contribution in [1.82, 2.24) is 0 Å². The van der Waals surface area contributed by atoms with Crippen LogP contribution in [0.1, 0.15) is 25.0 Å². The first-order valence-electron chi connectivity index (χ1n) is 7.87. The second-order valence-corrected chi connectivity index (χ2v) is 7.00. The van der Waals surface area contributed by atoms with Crippen molar-refractivity contribution in [3.63, 3.8) is 0 Å². The van der Waals surface area contributed by atoms with Gasteiger partial charge in [0.1, 0.15) is 16.4 Å². The fraction of sp³-hybridized carbons (Fsp3) is 0.333. The Labute approximate surface area is 143 Å². The van der Waals surface area contributed by atoms with Gasteiger partial charge in [-0.05, 0) is 51.0 Å². The molecule has 0 atom stereocenters. The molecular weight excluding hydrogens is 326 g/mol. The number of nitrogens with one attached hydrogen (secondary N) is 1. The summed E-state index contributed by atoms with van der Waals surface area (Å²) in [5.41, 5.74) is 2.21. The number of ether oxygens (including phenoxy) is 2. The Morgan fingerprint density at radius 1 is 0.917 bits per heavy atom. The maximum atomic E-state index is 12.9. The Balaban J connectivity index is 2.51. The first kappa shape index (κ1) is 18.1. The van der Waals surface area contributed by atoms with E-state index in [1.807, 2.05) is 39.8 Å². The van der Waals surface area contributed by atoms with E-state index in [1.165, 1.54) is 6.07 Å². The van der Waals surface area contributed by atoms with Crippen molar-refractivity contribution in [3.05, 3.63) is 47.5 Å². The van der Waals surface area contributed by atoms with E-state index in [9.17, 15) is 8.42 Å². The van der Waals surface area contributed by atoms with Crippen LogP contribution in [-0.2, 0) is 10.0 Å². The summed E-state index contributed by atoms with van der Waals surface area (Å²) in [4.78, 5) is 0.0710. The minimum atomic E-state index is -3.80. The molecule has 0 saturated heterocycles. The SMILES string of the molecule is CCOc1cc(S(=O)(=O)Nc2ccccc2C)c(OCC)cc1C. The molecule has 0 heterocycles. The van der Waals surface area contributed by atoms with Gasteiger partial charge in [-0.2, -0.15) is 0 Å². The molecule has 0 aliphatic heterocycles. The molecule has 0 fully saturated rings. The van der Waals surface area contributed by atoms with Gasteiger partial charge in [0.05, 0.1) is 18.9 Å². The number of para-hydroxylation sites is 1. The summed E-state index contributed by atoms with van der Waals surface area (Å²) in [6.07, 6.45) is 0. The summed E-state index contributed by atoms with van der Waals surface area (Å²) in [7, 11) is -3.80. The Hall–Kier alpha value is -2.21. The summed E-state index contributed by atoms with van der Waals surface area (Å²) in [5, 5.41) is 0. The van der Waals surface area contributed by atoms with Crippen LogP contribution in [0.2, 0.25) is 0 Å². The quantitative estimate of drug-likeness (QED) is 0.823. The summed E-state index contributed by atoms with van der Waals surface area (Å²) in [5.74, 6) is 0.852. The van der Waals surface area contributed by atoms with E-state index < -0.39 is 10.0 Å². The molecule has 0 aliphatic rings. The summed E-state index contributed by atoms with van der Waals surface area (Å²) >= 11 is 0. The van der Waals surface area contributed by atoms with Crippen molar-refractivity contribution in [3.8, 4) is 11.5 Å². The summed E-state index contributed by atoms with van der Waals surface area (Å²) in [6.45, 7) is 8.22. The minimum absolute atomic E-state index is 0.0710. The third-order valence-electron chi connectivity index (χ3n) is 3.52. The van der Waals surface area contributed by atoms with Gasteiger partial charge in [-0.25, -0.2) is 8.42 Å². The van der Waals surface area contributed by atoms with Crippen molar-refractivity contribution in [2.45, 2.75) is 32.6 Å². The third-order valence-corrected chi connectivity index (χ3v) is 4.91. The number of rotatable bonds is 7. The molecule has 0 aliphatic carbocycles. The van der Waals surface area contributed by atoms with E-state index in [1.54, 1.807) is 18.2 Å². The number of benzene rings is 2. The van der Waals surface area contributed by atoms with Gasteiger partial charge in [0.25, 0.3) is 10.0 Å². The molecule has 24 heavy (non-hydrogen) atoms. The van der Waals surface area contributed by atoms with E-state index in [0.717, 1.165) is 11.1 Å². The highest BCUT2D eigenvalue weighted by atomic mass is 32.2. The van der Waals surface area contributed by atoms with Crippen LogP contribution < -0.4 is 14.2 Å². The van der Waals surface area contributed by atoms with Crippen LogP contribution in [0.5, 0.6) is 11.5 Å². The molecule has 130 valence electrons. The van der Waals surface area contributed by atoms with Gasteiger partial charge in [-0.1, -0.05) is 18.2 Å². The molecule has 0 amide bonds. The molecule has 6 heteroatoms. The van der Waals surface area contributed by atoms with Crippen LogP contribution in [0.3, 0.4) is 0 Å². The average molecular weight is 349 g/mol. The number of aryl methyl sites for hydroxylation is 2. The second kappa shape index (κ2) is 7.57. The van der Waals surface area contributed by atoms with Crippen LogP contribution >= 0.6 is 0 Å². The molecule has 0 aromatic heterocycles. The molecule has 0 saturated carbocycles. The van der Waals surface area contributed by atoms with E-state index in [2.05, 4.69) is 4.72 Å². The van der Waals surface area contributed by atoms with E-state index in [0.29, 0.717) is 30.4 Å². The molecule has 2 rings (SSSR count). The molecule has 0 spiro atoms. The van der Waals surface area contributed by atoms with Gasteiger partial charge < -0.3 is 9.47 Å². The average Bonchev–Trinajstić information content (AvgIpc) is 2.52. The zero-order chi connectivity index (χ0) is 17.7. The highest BCUT2D eigenvalue weighted by Gasteiger charge is 2.23. The minimum Gasteiger partial charge on any atom is -0.494 e. The van der Waals surface area contributed by atoms with Gasteiger partial charge in [0.2, 0.25) is 0 Å². The van der Waals surface area contributed by atoms with Crippen molar-refractivity contribution in [1.29, 1.82) is 0 Å². The monoisotopic (exact) mass is 349 g/mol. The van der Waals surface area contributed by atoms with Crippen molar-refractivity contribution < 1.29 is 17.9 Å². The normalized spacial score (nSPS) is 11.2. The molecular formula is C18H23NO4S. The first-order valence-corrected chi connectivity index (χ1v) is 9.36. The Morgan fingerprint density at radius 2 is 1.54 bits per heavy atom. The molecule has 1 N–H and O–H groups in total. The molecule has 0 bridgehead atoms. The number of hydrogen-bond acceptors (Lipinski definition) is 4. The number of sulfonamides is 1. The van der Waals surface area contributed by atoms with Gasteiger partial charge in [-0.3, -0.25) is 4.72 Å². The van der Waals surface area contributed by atoms with Crippen molar-refractivity contribution in [2.75, 3.05) is 17.9 Å². The van der Waals surface area contributed by atoms with Crippen LogP contribution in [0, 0.1) is 13.8 Å². The van der Waals surface area contributed by atoms with Crippen LogP contribution in [-0.4, -0.2) is 21.6 Å². The van der Waals surface area contributed by atoms with Gasteiger partial charge in [0.15, 0.2) is 0 Å². The fourth-order valence-electron chi connectivity index (χ4n) is 2.32. The maximum Gasteiger partial charge on any atom is 0.265 e. The number of hydrogen-bond donors (Lipinski definition) is 1. The lowest BCUT2D eigenvalue weighted by atomic mass is 10.2. The first-order chi connectivity index (χ1) is 11.4. The van der Waals surface area contributed by atoms with Gasteiger partial charge in [0, 0.05) is 6.07 Å². The molecule has 0 radical (unpaired) electrons. The zero-order valence-corrected chi connectivity index (χ0v) is 15.2. The van der Waals surface area contributed by atoms with E-state index in [4.69, 9.17) is 9.47 Å². The Morgan fingerprint density at radius 3 is 2.17 bits per heavy atom. The lowest BCUT2D eigenvalue weighted by molar-refractivity contribution is 0.321. The van der Waals surface area contributed by atoms with Crippen LogP contribution in [0.15, 0.2) is 41.3 Å². The molecule has 2 aromatic carbocycles. The second-order valence-electron chi connectivity index (χ2n) is 5.35. The number of anilines is 1. The smallest absolute Gasteiger partial charge is 0.265 e. The van der Waals surface area contributed by atoms with Crippen LogP contribution in [0.25, 0.3) is 0 Å². The molecule has 0 unspecified atom stereocenters. The Kier molecular flexibility index (Phi) is 5.72. The molecule has 2 aromatic rings. The third kappa shape index (κ3) is 4.00. The largest absolute Gasteiger partial charge is 0.494 e. The topological polar surface area (TPSA) is 64.6 Å². The van der Waals surface area contributed by atoms with Gasteiger partial charge >= 0.3 is 0 Å². The highest BCUT2D eigenvalue weighted by molar-refractivity contribution is 7.92. The van der Waals surface area contributed by atoms with Crippen LogP contribution in [0.4, 0.5) is 5.69 Å². The highest BCUT2D eigenvalue weighted by Crippen LogP contribution is 2.33. The predicted octanol–water partition coefficient (Wildman–Crippen LogP) is 3.90. The van der Waals surface area contributed by atoms with Gasteiger partial charge in [-0.15, -0.1) is 0 Å². The molecule has 5 nitrogen and oxygen atoms in total. The standard InChI is InChI=1S/C18H23NO4S/c1-5-22-16-12-18(17(23-6-2)11-14(16)4)24(20,21)19-15-10-8-7-9-13(15)3/h7-12,19H,5-6H2,1-4H3.